The number of halogens is 3. The summed E-state index contributed by atoms with van der Waals surface area (Å²) >= 11 is 0. The van der Waals surface area contributed by atoms with Crippen LogP contribution in [0.4, 0.5) is 13.2 Å². The summed E-state index contributed by atoms with van der Waals surface area (Å²) in [5.41, 5.74) is 0.548. The lowest BCUT2D eigenvalue weighted by Crippen LogP contribution is -2.07. The van der Waals surface area contributed by atoms with Crippen molar-refractivity contribution in [2.24, 2.45) is 0 Å². The van der Waals surface area contributed by atoms with Crippen molar-refractivity contribution in [1.82, 2.24) is 9.38 Å². The Balaban J connectivity index is 2.03. The SMILES string of the molecule is FC(F)(F)c1ccccc1-c1cnc2c3ccccc3ccn12. The van der Waals surface area contributed by atoms with E-state index in [0.717, 1.165) is 16.8 Å². The Kier molecular flexibility index (Phi) is 2.91. The molecule has 0 radical (unpaired) electrons. The van der Waals surface area contributed by atoms with E-state index in [-0.39, 0.29) is 5.56 Å². The van der Waals surface area contributed by atoms with Crippen molar-refractivity contribution in [3.05, 3.63) is 72.6 Å². The van der Waals surface area contributed by atoms with Crippen LogP contribution in [0, 0.1) is 0 Å². The minimum atomic E-state index is -4.41. The normalized spacial score (nSPS) is 12.1. The molecule has 0 atom stereocenters. The summed E-state index contributed by atoms with van der Waals surface area (Å²) in [4.78, 5) is 4.34. The quantitative estimate of drug-likeness (QED) is 0.474. The van der Waals surface area contributed by atoms with Crippen molar-refractivity contribution in [2.45, 2.75) is 6.18 Å². The molecule has 0 saturated heterocycles. The van der Waals surface area contributed by atoms with Crippen LogP contribution >= 0.6 is 0 Å². The lowest BCUT2D eigenvalue weighted by molar-refractivity contribution is -0.137. The number of fused-ring (bicyclic) bond motifs is 3. The van der Waals surface area contributed by atoms with E-state index in [2.05, 4.69) is 4.98 Å². The van der Waals surface area contributed by atoms with E-state index in [1.807, 2.05) is 30.3 Å². The zero-order valence-corrected chi connectivity index (χ0v) is 11.9. The second kappa shape index (κ2) is 4.84. The second-order valence-electron chi connectivity index (χ2n) is 5.28. The van der Waals surface area contributed by atoms with Crippen LogP contribution in [0.25, 0.3) is 27.7 Å². The summed E-state index contributed by atoms with van der Waals surface area (Å²) in [5.74, 6) is 0. The molecule has 0 saturated carbocycles. The smallest absolute Gasteiger partial charge is 0.299 e. The summed E-state index contributed by atoms with van der Waals surface area (Å²) in [5, 5.41) is 1.91. The van der Waals surface area contributed by atoms with Crippen molar-refractivity contribution in [2.75, 3.05) is 0 Å². The molecule has 0 aliphatic carbocycles. The number of aromatic nitrogens is 2. The largest absolute Gasteiger partial charge is 0.417 e. The molecule has 5 heteroatoms. The van der Waals surface area contributed by atoms with Gasteiger partial charge in [0.15, 0.2) is 0 Å². The van der Waals surface area contributed by atoms with Gasteiger partial charge in [0.1, 0.15) is 5.65 Å². The van der Waals surface area contributed by atoms with Crippen molar-refractivity contribution in [1.29, 1.82) is 0 Å². The van der Waals surface area contributed by atoms with Gasteiger partial charge < -0.3 is 0 Å². The standard InChI is InChI=1S/C18H11F3N2/c19-18(20,21)15-8-4-3-7-14(15)16-11-22-17-13-6-2-1-5-12(13)9-10-23(16)17/h1-11H. The molecule has 2 heterocycles. The van der Waals surface area contributed by atoms with Crippen LogP contribution in [0.3, 0.4) is 0 Å². The zero-order valence-electron chi connectivity index (χ0n) is 11.9. The third-order valence-electron chi connectivity index (χ3n) is 3.91. The van der Waals surface area contributed by atoms with Gasteiger partial charge in [-0.25, -0.2) is 4.98 Å². The van der Waals surface area contributed by atoms with Crippen molar-refractivity contribution >= 4 is 16.4 Å². The number of rotatable bonds is 1. The minimum Gasteiger partial charge on any atom is -0.299 e. The molecule has 0 bridgehead atoms. The maximum atomic E-state index is 13.3. The fourth-order valence-corrected chi connectivity index (χ4v) is 2.86. The summed E-state index contributed by atoms with van der Waals surface area (Å²) in [6.45, 7) is 0. The Morgan fingerprint density at radius 2 is 1.61 bits per heavy atom. The predicted octanol–water partition coefficient (Wildman–Crippen LogP) is 5.17. The molecule has 23 heavy (non-hydrogen) atoms. The average molecular weight is 312 g/mol. The van der Waals surface area contributed by atoms with E-state index < -0.39 is 11.7 Å². The van der Waals surface area contributed by atoms with Gasteiger partial charge in [0.25, 0.3) is 0 Å². The molecule has 0 aliphatic rings. The Hall–Kier alpha value is -2.82. The molecule has 0 N–H and O–H groups in total. The first kappa shape index (κ1) is 13.8. The topological polar surface area (TPSA) is 17.3 Å². The van der Waals surface area contributed by atoms with Crippen LogP contribution < -0.4 is 0 Å². The number of nitrogens with zero attached hydrogens (tertiary/aromatic N) is 2. The number of benzene rings is 2. The number of hydrogen-bond acceptors (Lipinski definition) is 1. The fourth-order valence-electron chi connectivity index (χ4n) is 2.86. The van der Waals surface area contributed by atoms with Gasteiger partial charge in [-0.05, 0) is 17.5 Å². The molecular formula is C18H11F3N2. The molecule has 0 amide bonds. The Labute approximate surface area is 129 Å². The predicted molar refractivity (Wildman–Crippen MR) is 83.1 cm³/mol. The molecule has 2 aromatic heterocycles. The molecule has 0 fully saturated rings. The lowest BCUT2D eigenvalue weighted by Gasteiger charge is -2.12. The number of alkyl halides is 3. The van der Waals surface area contributed by atoms with Gasteiger partial charge in [-0.2, -0.15) is 13.2 Å². The maximum Gasteiger partial charge on any atom is 0.417 e. The van der Waals surface area contributed by atoms with E-state index in [0.29, 0.717) is 11.3 Å². The van der Waals surface area contributed by atoms with Crippen molar-refractivity contribution in [3.8, 4) is 11.3 Å². The molecule has 4 aromatic rings. The Morgan fingerprint density at radius 3 is 2.43 bits per heavy atom. The van der Waals surface area contributed by atoms with Gasteiger partial charge in [0.05, 0.1) is 17.5 Å². The molecule has 114 valence electrons. The van der Waals surface area contributed by atoms with Gasteiger partial charge in [-0.15, -0.1) is 0 Å². The summed E-state index contributed by atoms with van der Waals surface area (Å²) in [7, 11) is 0. The van der Waals surface area contributed by atoms with E-state index in [1.54, 1.807) is 16.7 Å². The summed E-state index contributed by atoms with van der Waals surface area (Å²) in [6.07, 6.45) is -1.16. The monoisotopic (exact) mass is 312 g/mol. The highest BCUT2D eigenvalue weighted by Crippen LogP contribution is 2.37. The highest BCUT2D eigenvalue weighted by Gasteiger charge is 2.34. The van der Waals surface area contributed by atoms with Crippen LogP contribution in [-0.2, 0) is 6.18 Å². The molecule has 0 spiro atoms. The highest BCUT2D eigenvalue weighted by molar-refractivity contribution is 5.94. The number of pyridine rings is 1. The van der Waals surface area contributed by atoms with E-state index in [9.17, 15) is 13.2 Å². The Bertz CT molecular complexity index is 1020. The second-order valence-corrected chi connectivity index (χ2v) is 5.28. The van der Waals surface area contributed by atoms with Gasteiger partial charge in [0.2, 0.25) is 0 Å². The van der Waals surface area contributed by atoms with E-state index >= 15 is 0 Å². The average Bonchev–Trinajstić information content (AvgIpc) is 2.98. The first-order chi connectivity index (χ1) is 11.1. The zero-order chi connectivity index (χ0) is 16.0. The van der Waals surface area contributed by atoms with Crippen LogP contribution in [0.5, 0.6) is 0 Å². The van der Waals surface area contributed by atoms with Gasteiger partial charge >= 0.3 is 6.18 Å². The summed E-state index contributed by atoms with van der Waals surface area (Å²) in [6, 6.07) is 15.1. The van der Waals surface area contributed by atoms with Crippen LogP contribution in [0.15, 0.2) is 67.0 Å². The molecular weight excluding hydrogens is 301 g/mol. The summed E-state index contributed by atoms with van der Waals surface area (Å²) < 4.78 is 41.5. The first-order valence-corrected chi connectivity index (χ1v) is 7.07. The fraction of sp³-hybridized carbons (Fsp3) is 0.0556. The van der Waals surface area contributed by atoms with E-state index in [1.165, 1.54) is 18.3 Å². The van der Waals surface area contributed by atoms with Crippen LogP contribution in [0.2, 0.25) is 0 Å². The Morgan fingerprint density at radius 1 is 0.870 bits per heavy atom. The van der Waals surface area contributed by atoms with Gasteiger partial charge in [-0.1, -0.05) is 42.5 Å². The molecule has 4 rings (SSSR count). The first-order valence-electron chi connectivity index (χ1n) is 7.07. The molecule has 0 aliphatic heterocycles. The molecule has 0 unspecified atom stereocenters. The van der Waals surface area contributed by atoms with E-state index in [4.69, 9.17) is 0 Å². The van der Waals surface area contributed by atoms with Crippen LogP contribution in [0.1, 0.15) is 5.56 Å². The van der Waals surface area contributed by atoms with Crippen LogP contribution in [-0.4, -0.2) is 9.38 Å². The third-order valence-corrected chi connectivity index (χ3v) is 3.91. The van der Waals surface area contributed by atoms with Crippen molar-refractivity contribution < 1.29 is 13.2 Å². The maximum absolute atomic E-state index is 13.3. The number of hydrogen-bond donors (Lipinski definition) is 0. The third kappa shape index (κ3) is 2.16. The molecule has 2 nitrogen and oxygen atoms in total. The molecule has 2 aromatic carbocycles. The van der Waals surface area contributed by atoms with Crippen molar-refractivity contribution in [3.63, 3.8) is 0 Å². The lowest BCUT2D eigenvalue weighted by atomic mass is 10.0. The number of imidazole rings is 1. The highest BCUT2D eigenvalue weighted by atomic mass is 19.4. The van der Waals surface area contributed by atoms with Gasteiger partial charge in [0, 0.05) is 17.1 Å². The minimum absolute atomic E-state index is 0.128. The van der Waals surface area contributed by atoms with Gasteiger partial charge in [-0.3, -0.25) is 4.40 Å².